The van der Waals surface area contributed by atoms with Crippen LogP contribution in [0.5, 0.6) is 11.5 Å². The number of nitrogens with two attached hydrogens (primary N) is 1. The fourth-order valence-corrected chi connectivity index (χ4v) is 5.05. The average molecular weight is 568 g/mol. The molecule has 2 aromatic heterocycles. The average Bonchev–Trinajstić information content (AvgIpc) is 3.35. The number of aromatic amines is 1. The molecule has 41 heavy (non-hydrogen) atoms. The summed E-state index contributed by atoms with van der Waals surface area (Å²) in [4.78, 5) is 40.2. The van der Waals surface area contributed by atoms with Crippen LogP contribution in [0.4, 0.5) is 10.5 Å². The van der Waals surface area contributed by atoms with Crippen molar-refractivity contribution in [3.63, 3.8) is 0 Å². The predicted octanol–water partition coefficient (Wildman–Crippen LogP) is 2.89. The number of hydrogen-bond acceptors (Lipinski definition) is 10. The molecular weight excluding hydrogens is 538 g/mol. The molecule has 0 radical (unpaired) electrons. The second-order valence-corrected chi connectivity index (χ2v) is 10.2. The largest absolute Gasteiger partial charge is 0.505 e. The van der Waals surface area contributed by atoms with E-state index in [9.17, 15) is 24.6 Å². The molecule has 13 nitrogen and oxygen atoms in total. The van der Waals surface area contributed by atoms with Crippen LogP contribution in [0.3, 0.4) is 0 Å². The maximum absolute atomic E-state index is 12.9. The first-order chi connectivity index (χ1) is 19.4. The van der Waals surface area contributed by atoms with E-state index in [1.54, 1.807) is 32.9 Å². The van der Waals surface area contributed by atoms with Crippen molar-refractivity contribution in [3.8, 4) is 11.5 Å². The van der Waals surface area contributed by atoms with Crippen LogP contribution in [0.25, 0.3) is 21.9 Å². The zero-order valence-electron chi connectivity index (χ0n) is 22.6. The van der Waals surface area contributed by atoms with Crippen molar-refractivity contribution in [1.82, 2.24) is 4.98 Å². The van der Waals surface area contributed by atoms with E-state index >= 15 is 0 Å². The summed E-state index contributed by atoms with van der Waals surface area (Å²) >= 11 is 0. The second kappa shape index (κ2) is 10.4. The standard InChI is InChI=1S/C28H29N3O10/c1-12-17(38-26-20(33)22(40-27(29)36)23(37-4)28(2,3)41-26)10-9-14-19(32)18(25(35)39-21(12)14)31-24(34)16-11-13-7-5-6-8-15(13)30-16/h5-11,20,22-23,26,30,32-33H,1-4H3,(H2,29,36)(H,31,34)/t20-,22+,23-,26-/m1/s1. The number of aliphatic hydroxyl groups is 1. The lowest BCUT2D eigenvalue weighted by Crippen LogP contribution is -2.65. The van der Waals surface area contributed by atoms with Crippen molar-refractivity contribution >= 4 is 39.6 Å². The third kappa shape index (κ3) is 5.06. The molecule has 0 spiro atoms. The van der Waals surface area contributed by atoms with Crippen molar-refractivity contribution in [1.29, 1.82) is 0 Å². The smallest absolute Gasteiger partial charge is 0.404 e. The molecule has 2 amide bonds. The third-order valence-electron chi connectivity index (χ3n) is 7.03. The summed E-state index contributed by atoms with van der Waals surface area (Å²) < 4.78 is 27.8. The molecule has 4 atom stereocenters. The zero-order valence-corrected chi connectivity index (χ0v) is 22.6. The van der Waals surface area contributed by atoms with Crippen molar-refractivity contribution in [2.45, 2.75) is 51.0 Å². The maximum atomic E-state index is 12.9. The van der Waals surface area contributed by atoms with E-state index in [1.165, 1.54) is 19.2 Å². The Labute approximate surface area is 232 Å². The number of carbonyl (C=O) groups excluding carboxylic acids is 2. The number of carbonyl (C=O) groups is 2. The molecule has 2 aromatic carbocycles. The first kappa shape index (κ1) is 28.0. The van der Waals surface area contributed by atoms with Crippen LogP contribution in [0.1, 0.15) is 29.9 Å². The van der Waals surface area contributed by atoms with Gasteiger partial charge in [-0.3, -0.25) is 4.79 Å². The Morgan fingerprint density at radius 1 is 1.17 bits per heavy atom. The molecule has 6 N–H and O–H groups in total. The highest BCUT2D eigenvalue weighted by molar-refractivity contribution is 6.07. The third-order valence-corrected chi connectivity index (χ3v) is 7.03. The van der Waals surface area contributed by atoms with E-state index < -0.39 is 59.3 Å². The minimum absolute atomic E-state index is 0.0159. The molecule has 13 heteroatoms. The summed E-state index contributed by atoms with van der Waals surface area (Å²) in [7, 11) is 1.37. The molecule has 3 heterocycles. The number of fused-ring (bicyclic) bond motifs is 2. The number of primary amides is 1. The fraction of sp³-hybridized carbons (Fsp3) is 0.321. The van der Waals surface area contributed by atoms with E-state index in [2.05, 4.69) is 10.3 Å². The summed E-state index contributed by atoms with van der Waals surface area (Å²) in [6, 6.07) is 11.8. The summed E-state index contributed by atoms with van der Waals surface area (Å²) in [6.07, 6.45) is -6.03. The Balaban J connectivity index is 1.44. The normalized spacial score (nSPS) is 22.0. The van der Waals surface area contributed by atoms with Crippen LogP contribution in [0.2, 0.25) is 0 Å². The molecule has 0 unspecified atom stereocenters. The van der Waals surface area contributed by atoms with Crippen LogP contribution >= 0.6 is 0 Å². The van der Waals surface area contributed by atoms with Gasteiger partial charge in [0, 0.05) is 23.6 Å². The number of para-hydroxylation sites is 1. The molecule has 4 aromatic rings. The lowest BCUT2D eigenvalue weighted by Gasteiger charge is -2.47. The number of benzene rings is 2. The van der Waals surface area contributed by atoms with Crippen LogP contribution in [-0.2, 0) is 14.2 Å². The molecule has 0 aliphatic carbocycles. The van der Waals surface area contributed by atoms with Gasteiger partial charge in [-0.1, -0.05) is 18.2 Å². The summed E-state index contributed by atoms with van der Waals surface area (Å²) in [5, 5.41) is 25.2. The molecular formula is C28H29N3O10. The number of nitrogens with one attached hydrogen (secondary N) is 2. The molecule has 1 aliphatic heterocycles. The molecule has 1 saturated heterocycles. The Hall–Kier alpha value is -4.59. The first-order valence-electron chi connectivity index (χ1n) is 12.6. The van der Waals surface area contributed by atoms with Gasteiger partial charge in [-0.15, -0.1) is 0 Å². The maximum Gasteiger partial charge on any atom is 0.404 e. The number of hydrogen-bond donors (Lipinski definition) is 5. The molecule has 1 fully saturated rings. The van der Waals surface area contributed by atoms with Gasteiger partial charge in [0.25, 0.3) is 5.91 Å². The molecule has 5 rings (SSSR count). The van der Waals surface area contributed by atoms with Gasteiger partial charge in [0.15, 0.2) is 23.6 Å². The van der Waals surface area contributed by atoms with E-state index in [0.717, 1.165) is 10.9 Å². The Bertz CT molecular complexity index is 1680. The number of H-pyrrole nitrogens is 1. The summed E-state index contributed by atoms with van der Waals surface area (Å²) in [5.74, 6) is -1.00. The fourth-order valence-electron chi connectivity index (χ4n) is 5.05. The number of aryl methyl sites for hydroxylation is 1. The van der Waals surface area contributed by atoms with Gasteiger partial charge in [0.2, 0.25) is 6.29 Å². The highest BCUT2D eigenvalue weighted by Crippen LogP contribution is 2.38. The number of amides is 2. The van der Waals surface area contributed by atoms with Crippen molar-refractivity contribution in [2.24, 2.45) is 5.73 Å². The topological polar surface area (TPSA) is 196 Å². The van der Waals surface area contributed by atoms with Gasteiger partial charge >= 0.3 is 11.7 Å². The van der Waals surface area contributed by atoms with E-state index in [0.29, 0.717) is 5.56 Å². The van der Waals surface area contributed by atoms with Gasteiger partial charge in [-0.05, 0) is 45.0 Å². The number of aromatic nitrogens is 1. The molecule has 216 valence electrons. The number of ether oxygens (including phenoxy) is 4. The molecule has 1 aliphatic rings. The van der Waals surface area contributed by atoms with Gasteiger partial charge in [-0.25, -0.2) is 9.59 Å². The quantitative estimate of drug-likeness (QED) is 0.216. The highest BCUT2D eigenvalue weighted by Gasteiger charge is 2.53. The number of aliphatic hydroxyl groups excluding tert-OH is 1. The predicted molar refractivity (Wildman–Crippen MR) is 146 cm³/mol. The summed E-state index contributed by atoms with van der Waals surface area (Å²) in [6.45, 7) is 4.89. The van der Waals surface area contributed by atoms with E-state index in [1.807, 2.05) is 18.2 Å². The number of anilines is 1. The van der Waals surface area contributed by atoms with E-state index in [4.69, 9.17) is 29.1 Å². The van der Waals surface area contributed by atoms with Crippen LogP contribution < -0.4 is 21.4 Å². The Morgan fingerprint density at radius 3 is 2.59 bits per heavy atom. The number of methoxy groups -OCH3 is 1. The monoisotopic (exact) mass is 567 g/mol. The van der Waals surface area contributed by atoms with Crippen LogP contribution in [0, 0.1) is 6.92 Å². The van der Waals surface area contributed by atoms with Gasteiger partial charge < -0.3 is 49.6 Å². The number of aromatic hydroxyl groups is 1. The first-order valence-corrected chi connectivity index (χ1v) is 12.6. The minimum atomic E-state index is -1.50. The second-order valence-electron chi connectivity index (χ2n) is 10.2. The lowest BCUT2D eigenvalue weighted by molar-refractivity contribution is -0.304. The van der Waals surface area contributed by atoms with Gasteiger partial charge in [0.1, 0.15) is 23.1 Å². The van der Waals surface area contributed by atoms with E-state index in [-0.39, 0.29) is 22.4 Å². The zero-order chi connectivity index (χ0) is 29.6. The summed E-state index contributed by atoms with van der Waals surface area (Å²) in [5.41, 5.74) is 3.89. The van der Waals surface area contributed by atoms with Crippen molar-refractivity contribution in [2.75, 3.05) is 12.4 Å². The van der Waals surface area contributed by atoms with Crippen LogP contribution in [-0.4, -0.2) is 64.5 Å². The highest BCUT2D eigenvalue weighted by atomic mass is 16.7. The molecule has 0 saturated carbocycles. The number of rotatable bonds is 6. The van der Waals surface area contributed by atoms with Gasteiger partial charge in [0.05, 0.1) is 11.0 Å². The Kier molecular flexibility index (Phi) is 7.11. The lowest BCUT2D eigenvalue weighted by atomic mass is 9.89. The SMILES string of the molecule is CO[C@@H]1[C@@H](OC(N)=O)[C@@H](O)[C@H](Oc2ccc3c(O)c(NC(=O)c4cc5ccccc5[nH]4)c(=O)oc3c2C)OC1(C)C. The minimum Gasteiger partial charge on any atom is -0.505 e. The Morgan fingerprint density at radius 2 is 1.90 bits per heavy atom. The van der Waals surface area contributed by atoms with Gasteiger partial charge in [-0.2, -0.15) is 0 Å². The van der Waals surface area contributed by atoms with Crippen LogP contribution in [0.15, 0.2) is 51.7 Å². The van der Waals surface area contributed by atoms with Crippen molar-refractivity contribution in [3.05, 3.63) is 64.1 Å². The van der Waals surface area contributed by atoms with Crippen molar-refractivity contribution < 1.29 is 43.2 Å². The molecule has 0 bridgehead atoms.